The summed E-state index contributed by atoms with van der Waals surface area (Å²) >= 11 is 2.03. The molecule has 0 saturated carbocycles. The van der Waals surface area contributed by atoms with Crippen molar-refractivity contribution >= 4 is 28.5 Å². The van der Waals surface area contributed by atoms with Crippen LogP contribution in [-0.2, 0) is 6.54 Å². The average Bonchev–Trinajstić information content (AvgIpc) is 2.94. The lowest BCUT2D eigenvalue weighted by atomic mass is 10.1. The van der Waals surface area contributed by atoms with Crippen LogP contribution in [0.1, 0.15) is 25.1 Å². The SMILES string of the molecule is CCn1c(C2CCSC2)nc2ccc(N)cc21. The van der Waals surface area contributed by atoms with Crippen molar-refractivity contribution in [3.8, 4) is 0 Å². The molecule has 0 spiro atoms. The van der Waals surface area contributed by atoms with Crippen LogP contribution in [0.25, 0.3) is 11.0 Å². The molecule has 1 aromatic carbocycles. The number of nitrogen functional groups attached to an aromatic ring is 1. The normalized spacial score (nSPS) is 20.2. The van der Waals surface area contributed by atoms with Gasteiger partial charge in [0.05, 0.1) is 11.0 Å². The van der Waals surface area contributed by atoms with Gasteiger partial charge in [0, 0.05) is 23.9 Å². The molecular weight excluding hydrogens is 230 g/mol. The van der Waals surface area contributed by atoms with Gasteiger partial charge < -0.3 is 10.3 Å². The van der Waals surface area contributed by atoms with E-state index in [0.29, 0.717) is 5.92 Å². The summed E-state index contributed by atoms with van der Waals surface area (Å²) in [6.45, 7) is 3.15. The van der Waals surface area contributed by atoms with Crippen LogP contribution >= 0.6 is 11.8 Å². The molecule has 3 rings (SSSR count). The predicted molar refractivity (Wildman–Crippen MR) is 74.5 cm³/mol. The van der Waals surface area contributed by atoms with Crippen LogP contribution in [0.15, 0.2) is 18.2 Å². The molecule has 90 valence electrons. The topological polar surface area (TPSA) is 43.8 Å². The lowest BCUT2D eigenvalue weighted by molar-refractivity contribution is 0.640. The Labute approximate surface area is 105 Å². The van der Waals surface area contributed by atoms with Crippen molar-refractivity contribution in [1.82, 2.24) is 9.55 Å². The van der Waals surface area contributed by atoms with E-state index in [1.54, 1.807) is 0 Å². The number of thioether (sulfide) groups is 1. The first kappa shape index (κ1) is 11.0. The molecule has 1 aliphatic rings. The standard InChI is InChI=1S/C13H17N3S/c1-2-16-12-7-10(14)3-4-11(12)15-13(16)9-5-6-17-8-9/h3-4,7,9H,2,5-6,8,14H2,1H3. The van der Waals surface area contributed by atoms with Gasteiger partial charge in [-0.25, -0.2) is 4.98 Å². The molecule has 1 aromatic heterocycles. The van der Waals surface area contributed by atoms with Crippen molar-refractivity contribution in [2.45, 2.75) is 25.8 Å². The van der Waals surface area contributed by atoms with Crippen molar-refractivity contribution in [1.29, 1.82) is 0 Å². The first-order valence-corrected chi connectivity index (χ1v) is 7.28. The van der Waals surface area contributed by atoms with E-state index in [0.717, 1.165) is 17.7 Å². The van der Waals surface area contributed by atoms with Crippen molar-refractivity contribution in [3.05, 3.63) is 24.0 Å². The van der Waals surface area contributed by atoms with Gasteiger partial charge in [0.1, 0.15) is 5.82 Å². The monoisotopic (exact) mass is 247 g/mol. The van der Waals surface area contributed by atoms with Gasteiger partial charge in [-0.3, -0.25) is 0 Å². The number of aryl methyl sites for hydroxylation is 1. The van der Waals surface area contributed by atoms with E-state index in [4.69, 9.17) is 10.7 Å². The zero-order valence-corrected chi connectivity index (χ0v) is 10.8. The summed E-state index contributed by atoms with van der Waals surface area (Å²) in [7, 11) is 0. The van der Waals surface area contributed by atoms with Crippen molar-refractivity contribution in [2.75, 3.05) is 17.2 Å². The summed E-state index contributed by atoms with van der Waals surface area (Å²) in [6.07, 6.45) is 1.25. The maximum Gasteiger partial charge on any atom is 0.113 e. The predicted octanol–water partition coefficient (Wildman–Crippen LogP) is 2.86. The molecule has 1 fully saturated rings. The summed E-state index contributed by atoms with van der Waals surface area (Å²) in [6, 6.07) is 6.00. The number of hydrogen-bond acceptors (Lipinski definition) is 3. The summed E-state index contributed by atoms with van der Waals surface area (Å²) in [4.78, 5) is 4.80. The van der Waals surface area contributed by atoms with Crippen molar-refractivity contribution in [2.24, 2.45) is 0 Å². The quantitative estimate of drug-likeness (QED) is 0.830. The maximum atomic E-state index is 5.86. The molecule has 17 heavy (non-hydrogen) atoms. The van der Waals surface area contributed by atoms with Crippen LogP contribution < -0.4 is 5.73 Å². The number of imidazole rings is 1. The van der Waals surface area contributed by atoms with E-state index >= 15 is 0 Å². The van der Waals surface area contributed by atoms with Crippen LogP contribution in [0.5, 0.6) is 0 Å². The number of nitrogens with zero attached hydrogens (tertiary/aromatic N) is 2. The number of benzene rings is 1. The second-order valence-electron chi connectivity index (χ2n) is 4.52. The number of nitrogens with two attached hydrogens (primary N) is 1. The number of aromatic nitrogens is 2. The largest absolute Gasteiger partial charge is 0.399 e. The van der Waals surface area contributed by atoms with Crippen LogP contribution in [0, 0.1) is 0 Å². The summed E-state index contributed by atoms with van der Waals surface area (Å²) < 4.78 is 2.32. The zero-order chi connectivity index (χ0) is 11.8. The number of hydrogen-bond donors (Lipinski definition) is 1. The fraction of sp³-hybridized carbons (Fsp3) is 0.462. The first-order chi connectivity index (χ1) is 8.29. The van der Waals surface area contributed by atoms with E-state index in [1.807, 2.05) is 30.0 Å². The molecule has 2 N–H and O–H groups in total. The lowest BCUT2D eigenvalue weighted by Crippen LogP contribution is -2.07. The molecule has 0 radical (unpaired) electrons. The summed E-state index contributed by atoms with van der Waals surface area (Å²) in [5.41, 5.74) is 8.94. The minimum Gasteiger partial charge on any atom is -0.399 e. The second-order valence-corrected chi connectivity index (χ2v) is 5.67. The van der Waals surface area contributed by atoms with Gasteiger partial charge in [0.2, 0.25) is 0 Å². The average molecular weight is 247 g/mol. The smallest absolute Gasteiger partial charge is 0.113 e. The third-order valence-electron chi connectivity index (χ3n) is 3.41. The Kier molecular flexibility index (Phi) is 2.74. The van der Waals surface area contributed by atoms with Gasteiger partial charge >= 0.3 is 0 Å². The molecule has 1 aliphatic heterocycles. The molecule has 2 aromatic rings. The molecule has 2 heterocycles. The fourth-order valence-corrected chi connectivity index (χ4v) is 3.76. The van der Waals surface area contributed by atoms with E-state index < -0.39 is 0 Å². The number of rotatable bonds is 2. The highest BCUT2D eigenvalue weighted by atomic mass is 32.2. The Bertz CT molecular complexity index is 541. The van der Waals surface area contributed by atoms with Crippen LogP contribution in [-0.4, -0.2) is 21.1 Å². The Morgan fingerprint density at radius 2 is 2.41 bits per heavy atom. The number of fused-ring (bicyclic) bond motifs is 1. The van der Waals surface area contributed by atoms with Crippen LogP contribution in [0.3, 0.4) is 0 Å². The summed E-state index contributed by atoms with van der Waals surface area (Å²) in [5, 5.41) is 0. The van der Waals surface area contributed by atoms with E-state index in [9.17, 15) is 0 Å². The fourth-order valence-electron chi connectivity index (χ4n) is 2.54. The maximum absolute atomic E-state index is 5.86. The second kappa shape index (κ2) is 4.26. The van der Waals surface area contributed by atoms with Gasteiger partial charge in [0.15, 0.2) is 0 Å². The van der Waals surface area contributed by atoms with Crippen LogP contribution in [0.4, 0.5) is 5.69 Å². The third-order valence-corrected chi connectivity index (χ3v) is 4.58. The molecule has 0 amide bonds. The molecule has 0 bridgehead atoms. The lowest BCUT2D eigenvalue weighted by Gasteiger charge is -2.10. The summed E-state index contributed by atoms with van der Waals surface area (Å²) in [5.74, 6) is 4.34. The molecule has 4 heteroatoms. The van der Waals surface area contributed by atoms with E-state index in [1.165, 1.54) is 29.3 Å². The molecule has 1 atom stereocenters. The minimum atomic E-state index is 0.619. The van der Waals surface area contributed by atoms with Gasteiger partial charge in [-0.15, -0.1) is 0 Å². The van der Waals surface area contributed by atoms with Gasteiger partial charge in [-0.2, -0.15) is 11.8 Å². The highest BCUT2D eigenvalue weighted by Gasteiger charge is 2.23. The van der Waals surface area contributed by atoms with E-state index in [-0.39, 0.29) is 0 Å². The first-order valence-electron chi connectivity index (χ1n) is 6.13. The Morgan fingerprint density at radius 1 is 1.53 bits per heavy atom. The molecule has 3 nitrogen and oxygen atoms in total. The highest BCUT2D eigenvalue weighted by Crippen LogP contribution is 2.33. The van der Waals surface area contributed by atoms with Gasteiger partial charge in [-0.1, -0.05) is 0 Å². The Hall–Kier alpha value is -1.16. The van der Waals surface area contributed by atoms with Crippen LogP contribution in [0.2, 0.25) is 0 Å². The molecule has 1 unspecified atom stereocenters. The number of anilines is 1. The Balaban J connectivity index is 2.17. The van der Waals surface area contributed by atoms with Crippen molar-refractivity contribution in [3.63, 3.8) is 0 Å². The molecule has 0 aliphatic carbocycles. The zero-order valence-electron chi connectivity index (χ0n) is 10.0. The highest BCUT2D eigenvalue weighted by molar-refractivity contribution is 7.99. The third kappa shape index (κ3) is 1.80. The van der Waals surface area contributed by atoms with Crippen molar-refractivity contribution < 1.29 is 0 Å². The van der Waals surface area contributed by atoms with Gasteiger partial charge in [0.25, 0.3) is 0 Å². The van der Waals surface area contributed by atoms with E-state index in [2.05, 4.69) is 11.5 Å². The molecular formula is C13H17N3S. The minimum absolute atomic E-state index is 0.619. The Morgan fingerprint density at radius 3 is 3.12 bits per heavy atom. The molecule has 1 saturated heterocycles. The van der Waals surface area contributed by atoms with Gasteiger partial charge in [-0.05, 0) is 37.3 Å².